The molecule has 3 aromatic carbocycles. The third-order valence-electron chi connectivity index (χ3n) is 6.14. The molecule has 8 nitrogen and oxygen atoms in total. The van der Waals surface area contributed by atoms with Gasteiger partial charge in [0.05, 0.1) is 26.4 Å². The monoisotopic (exact) mass is 534 g/mol. The SMILES string of the molecule is CC(=O)O[C@@H]1O[C@H](COCc2ccccc2)[C@H](OCc2ccccc2)[C@H](OCc2ccccc2)[C@H]1OC(C)=O. The van der Waals surface area contributed by atoms with Crippen LogP contribution in [0.2, 0.25) is 0 Å². The van der Waals surface area contributed by atoms with Crippen molar-refractivity contribution in [3.63, 3.8) is 0 Å². The Balaban J connectivity index is 1.60. The van der Waals surface area contributed by atoms with Gasteiger partial charge in [0.15, 0.2) is 6.10 Å². The van der Waals surface area contributed by atoms with Crippen molar-refractivity contribution in [3.05, 3.63) is 108 Å². The molecule has 0 radical (unpaired) electrons. The normalized spacial score (nSPS) is 22.7. The van der Waals surface area contributed by atoms with Crippen LogP contribution in [0.5, 0.6) is 0 Å². The number of esters is 2. The summed E-state index contributed by atoms with van der Waals surface area (Å²) >= 11 is 0. The Morgan fingerprint density at radius 1 is 0.615 bits per heavy atom. The van der Waals surface area contributed by atoms with Crippen molar-refractivity contribution in [1.29, 1.82) is 0 Å². The predicted molar refractivity (Wildman–Crippen MR) is 142 cm³/mol. The smallest absolute Gasteiger partial charge is 0.305 e. The zero-order valence-corrected chi connectivity index (χ0v) is 22.1. The lowest BCUT2D eigenvalue weighted by Crippen LogP contribution is -2.62. The average molecular weight is 535 g/mol. The van der Waals surface area contributed by atoms with Gasteiger partial charge in [-0.25, -0.2) is 0 Å². The van der Waals surface area contributed by atoms with E-state index < -0.39 is 42.6 Å². The molecule has 0 unspecified atom stereocenters. The van der Waals surface area contributed by atoms with Gasteiger partial charge in [-0.1, -0.05) is 91.0 Å². The summed E-state index contributed by atoms with van der Waals surface area (Å²) in [6, 6.07) is 29.1. The zero-order chi connectivity index (χ0) is 27.5. The Kier molecular flexibility index (Phi) is 10.6. The molecule has 1 heterocycles. The van der Waals surface area contributed by atoms with Gasteiger partial charge in [0, 0.05) is 13.8 Å². The van der Waals surface area contributed by atoms with E-state index in [-0.39, 0.29) is 19.8 Å². The summed E-state index contributed by atoms with van der Waals surface area (Å²) in [5.41, 5.74) is 2.88. The van der Waals surface area contributed by atoms with Crippen molar-refractivity contribution in [2.24, 2.45) is 0 Å². The standard InChI is InChI=1S/C31H34O8/c1-22(32)37-30-29(36-20-26-16-10-5-11-17-26)28(35-19-25-14-8-4-9-15-25)27(39-31(30)38-23(2)33)21-34-18-24-12-6-3-7-13-24/h3-17,27-31H,18-21H2,1-2H3/t27-,28+,29+,30-,31-/m1/s1. The van der Waals surface area contributed by atoms with Crippen LogP contribution in [0.4, 0.5) is 0 Å². The van der Waals surface area contributed by atoms with Gasteiger partial charge < -0.3 is 28.4 Å². The zero-order valence-electron chi connectivity index (χ0n) is 22.1. The maximum atomic E-state index is 12.1. The predicted octanol–water partition coefficient (Wildman–Crippen LogP) is 4.59. The van der Waals surface area contributed by atoms with Gasteiger partial charge in [-0.05, 0) is 16.7 Å². The molecular formula is C31H34O8. The van der Waals surface area contributed by atoms with Gasteiger partial charge in [0.1, 0.15) is 18.3 Å². The van der Waals surface area contributed by atoms with E-state index in [1.54, 1.807) is 0 Å². The number of benzene rings is 3. The molecule has 39 heavy (non-hydrogen) atoms. The van der Waals surface area contributed by atoms with Gasteiger partial charge in [-0.3, -0.25) is 9.59 Å². The van der Waals surface area contributed by atoms with Crippen molar-refractivity contribution in [2.45, 2.75) is 64.4 Å². The topological polar surface area (TPSA) is 89.5 Å². The maximum absolute atomic E-state index is 12.1. The lowest BCUT2D eigenvalue weighted by atomic mass is 9.98. The van der Waals surface area contributed by atoms with Crippen molar-refractivity contribution in [3.8, 4) is 0 Å². The van der Waals surface area contributed by atoms with Crippen molar-refractivity contribution < 1.29 is 38.0 Å². The summed E-state index contributed by atoms with van der Waals surface area (Å²) in [7, 11) is 0. The van der Waals surface area contributed by atoms with E-state index in [0.29, 0.717) is 6.61 Å². The molecule has 8 heteroatoms. The molecule has 0 aromatic heterocycles. The molecule has 206 valence electrons. The van der Waals surface area contributed by atoms with Crippen LogP contribution < -0.4 is 0 Å². The molecule has 1 fully saturated rings. The number of carbonyl (C=O) groups excluding carboxylic acids is 2. The summed E-state index contributed by atoms with van der Waals surface area (Å²) in [6.07, 6.45) is -4.47. The van der Waals surface area contributed by atoms with Crippen LogP contribution in [0, 0.1) is 0 Å². The Labute approximate surface area is 228 Å². The minimum absolute atomic E-state index is 0.129. The van der Waals surface area contributed by atoms with Gasteiger partial charge in [-0.15, -0.1) is 0 Å². The first-order valence-electron chi connectivity index (χ1n) is 12.9. The Morgan fingerprint density at radius 2 is 1.08 bits per heavy atom. The van der Waals surface area contributed by atoms with Crippen molar-refractivity contribution >= 4 is 11.9 Å². The van der Waals surface area contributed by atoms with Crippen LogP contribution in [-0.4, -0.2) is 49.3 Å². The molecule has 1 aliphatic heterocycles. The van der Waals surface area contributed by atoms with Crippen LogP contribution in [-0.2, 0) is 57.8 Å². The number of rotatable bonds is 12. The van der Waals surface area contributed by atoms with Gasteiger partial charge in [0.25, 0.3) is 0 Å². The minimum atomic E-state index is -1.20. The highest BCUT2D eigenvalue weighted by atomic mass is 16.7. The van der Waals surface area contributed by atoms with Gasteiger partial charge in [-0.2, -0.15) is 0 Å². The third kappa shape index (κ3) is 8.73. The van der Waals surface area contributed by atoms with E-state index in [1.165, 1.54) is 13.8 Å². The third-order valence-corrected chi connectivity index (χ3v) is 6.14. The molecule has 4 rings (SSSR count). The van der Waals surface area contributed by atoms with Crippen LogP contribution in [0.3, 0.4) is 0 Å². The lowest BCUT2D eigenvalue weighted by molar-refractivity contribution is -0.312. The fraction of sp³-hybridized carbons (Fsp3) is 0.355. The van der Waals surface area contributed by atoms with E-state index in [9.17, 15) is 9.59 Å². The summed E-state index contributed by atoms with van der Waals surface area (Å²) in [5.74, 6) is -1.14. The van der Waals surface area contributed by atoms with Crippen LogP contribution in [0.15, 0.2) is 91.0 Å². The van der Waals surface area contributed by atoms with E-state index in [1.807, 2.05) is 91.0 Å². The summed E-state index contributed by atoms with van der Waals surface area (Å²) < 4.78 is 36.0. The number of ether oxygens (including phenoxy) is 6. The van der Waals surface area contributed by atoms with Crippen LogP contribution in [0.1, 0.15) is 30.5 Å². The quantitative estimate of drug-likeness (QED) is 0.312. The largest absolute Gasteiger partial charge is 0.453 e. The molecule has 0 spiro atoms. The Bertz CT molecular complexity index is 1150. The highest BCUT2D eigenvalue weighted by molar-refractivity contribution is 5.67. The van der Waals surface area contributed by atoms with E-state index in [4.69, 9.17) is 28.4 Å². The molecule has 0 bridgehead atoms. The van der Waals surface area contributed by atoms with E-state index in [2.05, 4.69) is 0 Å². The average Bonchev–Trinajstić information content (AvgIpc) is 2.94. The first-order valence-corrected chi connectivity index (χ1v) is 12.9. The first kappa shape index (κ1) is 28.4. The van der Waals surface area contributed by atoms with Gasteiger partial charge in [0.2, 0.25) is 6.29 Å². The second-order valence-electron chi connectivity index (χ2n) is 9.25. The molecule has 1 aliphatic rings. The highest BCUT2D eigenvalue weighted by Crippen LogP contribution is 2.31. The molecule has 3 aromatic rings. The van der Waals surface area contributed by atoms with Gasteiger partial charge >= 0.3 is 11.9 Å². The number of carbonyl (C=O) groups is 2. The van der Waals surface area contributed by atoms with Crippen molar-refractivity contribution in [1.82, 2.24) is 0 Å². The van der Waals surface area contributed by atoms with E-state index >= 15 is 0 Å². The van der Waals surface area contributed by atoms with Crippen LogP contribution in [0.25, 0.3) is 0 Å². The fourth-order valence-corrected chi connectivity index (χ4v) is 4.38. The maximum Gasteiger partial charge on any atom is 0.305 e. The Hall–Kier alpha value is -3.56. The summed E-state index contributed by atoms with van der Waals surface area (Å²) in [5, 5.41) is 0. The minimum Gasteiger partial charge on any atom is -0.453 e. The molecule has 0 aliphatic carbocycles. The second kappa shape index (κ2) is 14.6. The lowest BCUT2D eigenvalue weighted by Gasteiger charge is -2.44. The summed E-state index contributed by atoms with van der Waals surface area (Å²) in [4.78, 5) is 24.1. The van der Waals surface area contributed by atoms with Crippen LogP contribution >= 0.6 is 0 Å². The second-order valence-corrected chi connectivity index (χ2v) is 9.25. The van der Waals surface area contributed by atoms with Crippen molar-refractivity contribution in [2.75, 3.05) is 6.61 Å². The first-order chi connectivity index (χ1) is 19.0. The van der Waals surface area contributed by atoms with E-state index in [0.717, 1.165) is 16.7 Å². The number of hydrogen-bond acceptors (Lipinski definition) is 8. The highest BCUT2D eigenvalue weighted by Gasteiger charge is 2.51. The summed E-state index contributed by atoms with van der Waals surface area (Å²) in [6.45, 7) is 3.53. The molecular weight excluding hydrogens is 500 g/mol. The molecule has 0 amide bonds. The molecule has 0 N–H and O–H groups in total. The Morgan fingerprint density at radius 3 is 1.56 bits per heavy atom. The number of hydrogen-bond donors (Lipinski definition) is 0. The molecule has 0 saturated carbocycles. The molecule has 1 saturated heterocycles. The fourth-order valence-electron chi connectivity index (χ4n) is 4.38. The molecule has 5 atom stereocenters.